The summed E-state index contributed by atoms with van der Waals surface area (Å²) in [6.45, 7) is 3.70. The first-order valence-corrected chi connectivity index (χ1v) is 10.5. The number of anilines is 1. The van der Waals surface area contributed by atoms with Crippen LogP contribution in [0.4, 0.5) is 5.95 Å². The average Bonchev–Trinajstić information content (AvgIpc) is 2.83. The van der Waals surface area contributed by atoms with Gasteiger partial charge in [0.1, 0.15) is 4.90 Å². The van der Waals surface area contributed by atoms with Crippen molar-refractivity contribution in [1.29, 1.82) is 0 Å². The minimum absolute atomic E-state index is 0.155. The lowest BCUT2D eigenvalue weighted by Crippen LogP contribution is -2.31. The second-order valence-electron chi connectivity index (χ2n) is 6.64. The van der Waals surface area contributed by atoms with Crippen molar-refractivity contribution in [3.63, 3.8) is 0 Å². The Hall–Kier alpha value is -1.21. The molecule has 128 valence electrons. The van der Waals surface area contributed by atoms with Crippen molar-refractivity contribution in [3.8, 4) is 0 Å². The summed E-state index contributed by atoms with van der Waals surface area (Å²) in [4.78, 5) is 11.6. The summed E-state index contributed by atoms with van der Waals surface area (Å²) in [5.41, 5.74) is 0.703. The molecule has 0 spiro atoms. The van der Waals surface area contributed by atoms with Crippen molar-refractivity contribution in [2.24, 2.45) is 0 Å². The van der Waals surface area contributed by atoms with Crippen molar-refractivity contribution >= 4 is 15.8 Å². The van der Waals surface area contributed by atoms with Gasteiger partial charge in [0.25, 0.3) is 0 Å². The number of piperidine rings is 1. The summed E-state index contributed by atoms with van der Waals surface area (Å²) in [6.07, 6.45) is 9.59. The van der Waals surface area contributed by atoms with Gasteiger partial charge in [-0.3, -0.25) is 0 Å². The molecule has 23 heavy (non-hydrogen) atoms. The second kappa shape index (κ2) is 7.13. The molecule has 1 N–H and O–H groups in total. The van der Waals surface area contributed by atoms with Gasteiger partial charge in [0.05, 0.1) is 11.9 Å². The van der Waals surface area contributed by atoms with Crippen LogP contribution in [0.5, 0.6) is 0 Å². The fourth-order valence-corrected chi connectivity index (χ4v) is 4.30. The largest absolute Gasteiger partial charge is 0.341 e. The normalized spacial score (nSPS) is 23.5. The molecule has 0 aliphatic carbocycles. The molecule has 1 atom stereocenters. The number of sulfone groups is 1. The molecule has 0 bridgehead atoms. The van der Waals surface area contributed by atoms with Gasteiger partial charge in [0.15, 0.2) is 9.84 Å². The van der Waals surface area contributed by atoms with Crippen LogP contribution in [0.15, 0.2) is 11.1 Å². The highest BCUT2D eigenvalue weighted by Gasteiger charge is 2.26. The molecule has 2 aliphatic rings. The van der Waals surface area contributed by atoms with Gasteiger partial charge in [-0.1, -0.05) is 12.8 Å². The third-order valence-corrected chi connectivity index (χ3v) is 5.86. The lowest BCUT2D eigenvalue weighted by molar-refractivity contribution is 0.447. The molecule has 7 heteroatoms. The van der Waals surface area contributed by atoms with E-state index >= 15 is 0 Å². The number of nitrogens with one attached hydrogen (secondary N) is 1. The van der Waals surface area contributed by atoms with E-state index in [2.05, 4.69) is 15.2 Å². The topological polar surface area (TPSA) is 75.2 Å². The van der Waals surface area contributed by atoms with Crippen LogP contribution in [0.3, 0.4) is 0 Å². The maximum atomic E-state index is 12.1. The Morgan fingerprint density at radius 2 is 1.91 bits per heavy atom. The average molecular weight is 338 g/mol. The Morgan fingerprint density at radius 1 is 1.17 bits per heavy atom. The molecule has 1 aromatic heterocycles. The third-order valence-electron chi connectivity index (χ3n) is 4.74. The molecule has 2 saturated heterocycles. The Kier molecular flexibility index (Phi) is 5.16. The highest BCUT2D eigenvalue weighted by Crippen LogP contribution is 2.29. The van der Waals surface area contributed by atoms with Crippen LogP contribution in [-0.4, -0.2) is 50.8 Å². The lowest BCUT2D eigenvalue weighted by Gasteiger charge is -2.26. The van der Waals surface area contributed by atoms with Crippen LogP contribution in [0.1, 0.15) is 50.1 Å². The predicted octanol–water partition coefficient (Wildman–Crippen LogP) is 1.73. The number of rotatable bonds is 3. The number of hydrogen-bond acceptors (Lipinski definition) is 6. The molecular formula is C16H26N4O2S. The van der Waals surface area contributed by atoms with Crippen molar-refractivity contribution in [2.75, 3.05) is 37.3 Å². The van der Waals surface area contributed by atoms with E-state index in [-0.39, 0.29) is 5.92 Å². The number of nitrogens with zero attached hydrogens (tertiary/aromatic N) is 3. The Labute approximate surface area is 138 Å². The first kappa shape index (κ1) is 16.6. The molecular weight excluding hydrogens is 312 g/mol. The van der Waals surface area contributed by atoms with E-state index < -0.39 is 9.84 Å². The summed E-state index contributed by atoms with van der Waals surface area (Å²) in [5.74, 6) is 0.849. The molecule has 3 heterocycles. The lowest BCUT2D eigenvalue weighted by atomic mass is 9.96. The van der Waals surface area contributed by atoms with Crippen LogP contribution in [0.25, 0.3) is 0 Å². The summed E-state index contributed by atoms with van der Waals surface area (Å²) < 4.78 is 24.2. The minimum atomic E-state index is -3.31. The first-order chi connectivity index (χ1) is 11.1. The predicted molar refractivity (Wildman–Crippen MR) is 90.7 cm³/mol. The van der Waals surface area contributed by atoms with Gasteiger partial charge in [-0.25, -0.2) is 18.4 Å². The standard InChI is InChI=1S/C16H26N4O2S/c1-23(21,22)14-12-18-16(20-9-4-2-3-5-10-20)19-15(14)13-7-6-8-17-11-13/h12-13,17H,2-11H2,1H3/t13-/m1/s1. The van der Waals surface area contributed by atoms with Gasteiger partial charge in [0, 0.05) is 31.8 Å². The first-order valence-electron chi connectivity index (χ1n) is 8.58. The SMILES string of the molecule is CS(=O)(=O)c1cnc(N2CCCCCC2)nc1[C@@H]1CCCNC1. The maximum Gasteiger partial charge on any atom is 0.225 e. The van der Waals surface area contributed by atoms with E-state index in [4.69, 9.17) is 4.98 Å². The molecule has 6 nitrogen and oxygen atoms in total. The third kappa shape index (κ3) is 4.01. The van der Waals surface area contributed by atoms with Crippen molar-refractivity contribution < 1.29 is 8.42 Å². The van der Waals surface area contributed by atoms with E-state index in [1.54, 1.807) is 0 Å². The zero-order valence-corrected chi connectivity index (χ0v) is 14.6. The zero-order valence-electron chi connectivity index (χ0n) is 13.8. The molecule has 2 fully saturated rings. The van der Waals surface area contributed by atoms with Crippen LogP contribution in [0, 0.1) is 0 Å². The summed E-state index contributed by atoms with van der Waals surface area (Å²) in [5, 5.41) is 3.35. The molecule has 2 aliphatic heterocycles. The molecule has 3 rings (SSSR count). The molecule has 0 saturated carbocycles. The smallest absolute Gasteiger partial charge is 0.225 e. The molecule has 0 amide bonds. The van der Waals surface area contributed by atoms with Crippen LogP contribution in [-0.2, 0) is 9.84 Å². The van der Waals surface area contributed by atoms with Gasteiger partial charge < -0.3 is 10.2 Å². The van der Waals surface area contributed by atoms with Gasteiger partial charge >= 0.3 is 0 Å². The van der Waals surface area contributed by atoms with E-state index in [1.807, 2.05) is 0 Å². The number of hydrogen-bond donors (Lipinski definition) is 1. The van der Waals surface area contributed by atoms with Crippen LogP contribution >= 0.6 is 0 Å². The summed E-state index contributed by atoms with van der Waals surface area (Å²) in [6, 6.07) is 0. The molecule has 0 aromatic carbocycles. The fourth-order valence-electron chi connectivity index (χ4n) is 3.46. The summed E-state index contributed by atoms with van der Waals surface area (Å²) >= 11 is 0. The second-order valence-corrected chi connectivity index (χ2v) is 8.62. The van der Waals surface area contributed by atoms with Crippen molar-refractivity contribution in [3.05, 3.63) is 11.9 Å². The van der Waals surface area contributed by atoms with Crippen molar-refractivity contribution in [2.45, 2.75) is 49.3 Å². The van der Waals surface area contributed by atoms with Crippen LogP contribution < -0.4 is 10.2 Å². The Balaban J connectivity index is 1.96. The van der Waals surface area contributed by atoms with Crippen LogP contribution in [0.2, 0.25) is 0 Å². The van der Waals surface area contributed by atoms with Gasteiger partial charge in [-0.2, -0.15) is 0 Å². The van der Waals surface area contributed by atoms with E-state index in [1.165, 1.54) is 25.3 Å². The Bertz CT molecular complexity index is 633. The van der Waals surface area contributed by atoms with Crippen molar-refractivity contribution in [1.82, 2.24) is 15.3 Å². The fraction of sp³-hybridized carbons (Fsp3) is 0.750. The monoisotopic (exact) mass is 338 g/mol. The van der Waals surface area contributed by atoms with E-state index in [0.717, 1.165) is 51.9 Å². The van der Waals surface area contributed by atoms with Gasteiger partial charge in [-0.05, 0) is 32.2 Å². The molecule has 0 unspecified atom stereocenters. The van der Waals surface area contributed by atoms with E-state index in [0.29, 0.717) is 16.5 Å². The van der Waals surface area contributed by atoms with Gasteiger partial charge in [-0.15, -0.1) is 0 Å². The zero-order chi connectivity index (χ0) is 16.3. The molecule has 0 radical (unpaired) electrons. The number of aromatic nitrogens is 2. The summed E-state index contributed by atoms with van der Waals surface area (Å²) in [7, 11) is -3.31. The molecule has 1 aromatic rings. The quantitative estimate of drug-likeness (QED) is 0.904. The van der Waals surface area contributed by atoms with Gasteiger partial charge in [0.2, 0.25) is 5.95 Å². The Morgan fingerprint density at radius 3 is 2.52 bits per heavy atom. The van der Waals surface area contributed by atoms with E-state index in [9.17, 15) is 8.42 Å². The maximum absolute atomic E-state index is 12.1. The highest BCUT2D eigenvalue weighted by atomic mass is 32.2. The highest BCUT2D eigenvalue weighted by molar-refractivity contribution is 7.90. The minimum Gasteiger partial charge on any atom is -0.341 e.